The number of carboxylic acid groups (broad SMARTS) is 1. The molecular formula is C10H8BrFO2. The topological polar surface area (TPSA) is 37.3 Å². The number of aliphatic carboxylic acids is 1. The van der Waals surface area contributed by atoms with E-state index < -0.39 is 5.97 Å². The van der Waals surface area contributed by atoms with Gasteiger partial charge in [0.2, 0.25) is 0 Å². The van der Waals surface area contributed by atoms with Crippen molar-refractivity contribution in [1.82, 2.24) is 0 Å². The molecule has 0 bridgehead atoms. The highest BCUT2D eigenvalue weighted by Crippen LogP contribution is 2.48. The first kappa shape index (κ1) is 9.65. The van der Waals surface area contributed by atoms with E-state index in [1.165, 1.54) is 12.1 Å². The Labute approximate surface area is 88.9 Å². The average Bonchev–Trinajstić information content (AvgIpc) is 2.79. The number of hydrogen-bond donors (Lipinski definition) is 1. The minimum Gasteiger partial charge on any atom is -0.481 e. The van der Waals surface area contributed by atoms with Gasteiger partial charge < -0.3 is 5.11 Å². The molecule has 1 aliphatic rings. The summed E-state index contributed by atoms with van der Waals surface area (Å²) in [6.45, 7) is 0. The van der Waals surface area contributed by atoms with Gasteiger partial charge >= 0.3 is 5.97 Å². The number of carboxylic acids is 1. The molecule has 4 heteroatoms. The lowest BCUT2D eigenvalue weighted by molar-refractivity contribution is -0.138. The predicted octanol–water partition coefficient (Wildman–Crippen LogP) is 2.78. The van der Waals surface area contributed by atoms with E-state index in [9.17, 15) is 9.18 Å². The maximum atomic E-state index is 13.0. The fraction of sp³-hybridized carbons (Fsp3) is 0.300. The highest BCUT2D eigenvalue weighted by Gasteiger charge is 2.44. The second-order valence-corrected chi connectivity index (χ2v) is 4.41. The summed E-state index contributed by atoms with van der Waals surface area (Å²) in [4.78, 5) is 10.6. The summed E-state index contributed by atoms with van der Waals surface area (Å²) >= 11 is 3.18. The second kappa shape index (κ2) is 3.35. The summed E-state index contributed by atoms with van der Waals surface area (Å²) in [7, 11) is 0. The van der Waals surface area contributed by atoms with Crippen LogP contribution in [0, 0.1) is 11.7 Å². The van der Waals surface area contributed by atoms with Crippen molar-refractivity contribution in [2.24, 2.45) is 5.92 Å². The van der Waals surface area contributed by atoms with Crippen LogP contribution in [0.3, 0.4) is 0 Å². The smallest absolute Gasteiger partial charge is 0.307 e. The summed E-state index contributed by atoms with van der Waals surface area (Å²) in [6.07, 6.45) is 0.616. The van der Waals surface area contributed by atoms with Crippen molar-refractivity contribution < 1.29 is 14.3 Å². The van der Waals surface area contributed by atoms with Crippen molar-refractivity contribution in [3.05, 3.63) is 34.1 Å². The first-order chi connectivity index (χ1) is 6.58. The van der Waals surface area contributed by atoms with Crippen LogP contribution in [0.25, 0.3) is 0 Å². The molecule has 0 radical (unpaired) electrons. The van der Waals surface area contributed by atoms with Crippen molar-refractivity contribution in [3.63, 3.8) is 0 Å². The van der Waals surface area contributed by atoms with E-state index in [2.05, 4.69) is 15.9 Å². The number of rotatable bonds is 2. The molecule has 0 amide bonds. The van der Waals surface area contributed by atoms with Gasteiger partial charge in [-0.2, -0.15) is 0 Å². The van der Waals surface area contributed by atoms with E-state index in [0.29, 0.717) is 10.9 Å². The Morgan fingerprint density at radius 2 is 2.21 bits per heavy atom. The van der Waals surface area contributed by atoms with Crippen LogP contribution < -0.4 is 0 Å². The van der Waals surface area contributed by atoms with Crippen LogP contribution in [0.4, 0.5) is 4.39 Å². The Morgan fingerprint density at radius 3 is 2.71 bits per heavy atom. The van der Waals surface area contributed by atoms with E-state index in [1.807, 2.05) is 0 Å². The van der Waals surface area contributed by atoms with Crippen molar-refractivity contribution in [1.29, 1.82) is 0 Å². The third-order valence-electron chi connectivity index (χ3n) is 2.42. The molecule has 0 spiro atoms. The van der Waals surface area contributed by atoms with E-state index in [-0.39, 0.29) is 17.7 Å². The van der Waals surface area contributed by atoms with Gasteiger partial charge in [-0.3, -0.25) is 4.79 Å². The maximum Gasteiger partial charge on any atom is 0.307 e. The van der Waals surface area contributed by atoms with Crippen molar-refractivity contribution >= 4 is 21.9 Å². The van der Waals surface area contributed by atoms with Crippen LogP contribution in [0.5, 0.6) is 0 Å². The lowest BCUT2D eigenvalue weighted by atomic mass is 10.1. The molecule has 74 valence electrons. The van der Waals surface area contributed by atoms with Gasteiger partial charge in [-0.25, -0.2) is 4.39 Å². The molecule has 0 saturated heterocycles. The summed E-state index contributed by atoms with van der Waals surface area (Å²) < 4.78 is 13.6. The van der Waals surface area contributed by atoms with Crippen LogP contribution >= 0.6 is 15.9 Å². The third kappa shape index (κ3) is 1.80. The van der Waals surface area contributed by atoms with Crippen LogP contribution in [0.15, 0.2) is 22.7 Å². The molecule has 1 saturated carbocycles. The summed E-state index contributed by atoms with van der Waals surface area (Å²) in [5.74, 6) is -1.47. The molecule has 0 heterocycles. The normalized spacial score (nSPS) is 24.7. The van der Waals surface area contributed by atoms with Crippen molar-refractivity contribution in [2.75, 3.05) is 0 Å². The Kier molecular flexibility index (Phi) is 2.31. The van der Waals surface area contributed by atoms with Gasteiger partial charge in [-0.05, 0) is 36.1 Å². The number of halogens is 2. The van der Waals surface area contributed by atoms with Gasteiger partial charge in [0.15, 0.2) is 0 Å². The fourth-order valence-corrected chi connectivity index (χ4v) is 2.11. The van der Waals surface area contributed by atoms with Crippen molar-refractivity contribution in [3.8, 4) is 0 Å². The fourth-order valence-electron chi connectivity index (χ4n) is 1.63. The first-order valence-corrected chi connectivity index (χ1v) is 5.06. The van der Waals surface area contributed by atoms with Gasteiger partial charge in [0, 0.05) is 4.47 Å². The first-order valence-electron chi connectivity index (χ1n) is 4.26. The number of carbonyl (C=O) groups is 1. The molecule has 2 atom stereocenters. The van der Waals surface area contributed by atoms with E-state index in [4.69, 9.17) is 5.11 Å². The summed E-state index contributed by atoms with van der Waals surface area (Å²) in [5, 5.41) is 8.72. The monoisotopic (exact) mass is 258 g/mol. The predicted molar refractivity (Wildman–Crippen MR) is 52.6 cm³/mol. The van der Waals surface area contributed by atoms with E-state index >= 15 is 0 Å². The Morgan fingerprint density at radius 1 is 1.50 bits per heavy atom. The van der Waals surface area contributed by atoms with E-state index in [1.54, 1.807) is 6.07 Å². The molecule has 14 heavy (non-hydrogen) atoms. The van der Waals surface area contributed by atoms with Crippen LogP contribution in [0.2, 0.25) is 0 Å². The van der Waals surface area contributed by atoms with Gasteiger partial charge in [-0.1, -0.05) is 15.9 Å². The molecule has 1 aromatic carbocycles. The zero-order valence-electron chi connectivity index (χ0n) is 7.21. The molecular weight excluding hydrogens is 251 g/mol. The highest BCUT2D eigenvalue weighted by molar-refractivity contribution is 9.10. The molecule has 0 aliphatic heterocycles. The molecule has 2 rings (SSSR count). The largest absolute Gasteiger partial charge is 0.481 e. The molecule has 1 aromatic rings. The molecule has 1 aliphatic carbocycles. The van der Waals surface area contributed by atoms with Crippen LogP contribution in [0.1, 0.15) is 17.9 Å². The standard InChI is InChI=1S/C10H8BrFO2/c11-6-1-5(2-7(12)3-6)8-4-9(8)10(13)14/h1-3,8-9H,4H2,(H,13,14)/t8-,9+/m0/s1. The van der Waals surface area contributed by atoms with Crippen LogP contribution in [-0.2, 0) is 4.79 Å². The van der Waals surface area contributed by atoms with Gasteiger partial charge in [0.1, 0.15) is 5.82 Å². The lowest BCUT2D eigenvalue weighted by Crippen LogP contribution is -1.99. The molecule has 2 nitrogen and oxygen atoms in total. The van der Waals surface area contributed by atoms with Gasteiger partial charge in [0.25, 0.3) is 0 Å². The average molecular weight is 259 g/mol. The quantitative estimate of drug-likeness (QED) is 0.886. The summed E-state index contributed by atoms with van der Waals surface area (Å²) in [5.41, 5.74) is 0.768. The number of benzene rings is 1. The Balaban J connectivity index is 2.23. The minimum atomic E-state index is -0.796. The highest BCUT2D eigenvalue weighted by atomic mass is 79.9. The molecule has 1 fully saturated rings. The zero-order chi connectivity index (χ0) is 10.3. The molecule has 0 aromatic heterocycles. The van der Waals surface area contributed by atoms with Crippen LogP contribution in [-0.4, -0.2) is 11.1 Å². The minimum absolute atomic E-state index is 0.0144. The van der Waals surface area contributed by atoms with Gasteiger partial charge in [-0.15, -0.1) is 0 Å². The van der Waals surface area contributed by atoms with Crippen molar-refractivity contribution in [2.45, 2.75) is 12.3 Å². The zero-order valence-corrected chi connectivity index (χ0v) is 8.79. The SMILES string of the molecule is O=C(O)[C@@H]1C[C@H]1c1cc(F)cc(Br)c1. The lowest BCUT2D eigenvalue weighted by Gasteiger charge is -2.00. The van der Waals surface area contributed by atoms with Gasteiger partial charge in [0.05, 0.1) is 5.92 Å². The third-order valence-corrected chi connectivity index (χ3v) is 2.88. The summed E-state index contributed by atoms with van der Waals surface area (Å²) in [6, 6.07) is 4.54. The Hall–Kier alpha value is -0.900. The number of hydrogen-bond acceptors (Lipinski definition) is 1. The van der Waals surface area contributed by atoms with E-state index in [0.717, 1.165) is 5.56 Å². The Bertz CT molecular complexity index is 371. The maximum absolute atomic E-state index is 13.0. The molecule has 1 N–H and O–H groups in total. The second-order valence-electron chi connectivity index (χ2n) is 3.49. The molecule has 0 unspecified atom stereocenters.